The van der Waals surface area contributed by atoms with E-state index in [9.17, 15) is 8.42 Å². The van der Waals surface area contributed by atoms with Gasteiger partial charge in [0.05, 0.1) is 10.4 Å². The summed E-state index contributed by atoms with van der Waals surface area (Å²) in [5.41, 5.74) is 4.06. The largest absolute Gasteiger partial charge is 0.268 e. The summed E-state index contributed by atoms with van der Waals surface area (Å²) in [5, 5.41) is 1.09. The molecule has 25 heavy (non-hydrogen) atoms. The van der Waals surface area contributed by atoms with Gasteiger partial charge in [-0.1, -0.05) is 17.7 Å². The molecule has 1 aliphatic rings. The molecule has 3 nitrogen and oxygen atoms in total. The molecule has 0 atom stereocenters. The van der Waals surface area contributed by atoms with E-state index in [2.05, 4.69) is 6.07 Å². The van der Waals surface area contributed by atoms with Crippen LogP contribution in [0, 0.1) is 6.92 Å². The van der Waals surface area contributed by atoms with Crippen molar-refractivity contribution >= 4 is 32.7 Å². The molecule has 1 aliphatic carbocycles. The molecule has 0 N–H and O–H groups in total. The van der Waals surface area contributed by atoms with E-state index < -0.39 is 10.0 Å². The Labute approximate surface area is 153 Å². The molecule has 0 saturated heterocycles. The number of hydrogen-bond acceptors (Lipinski definition) is 3. The maximum atomic E-state index is 13.4. The lowest BCUT2D eigenvalue weighted by Gasteiger charge is -2.16. The maximum absolute atomic E-state index is 13.4. The zero-order valence-corrected chi connectivity index (χ0v) is 16.1. The lowest BCUT2D eigenvalue weighted by Crippen LogP contribution is -2.17. The minimum atomic E-state index is -3.59. The first kappa shape index (κ1) is 16.7. The van der Waals surface area contributed by atoms with E-state index in [4.69, 9.17) is 0 Å². The van der Waals surface area contributed by atoms with Gasteiger partial charge in [0.2, 0.25) is 0 Å². The molecule has 3 aromatic rings. The van der Waals surface area contributed by atoms with Crippen LogP contribution in [0.15, 0.2) is 52.3 Å². The van der Waals surface area contributed by atoms with Crippen LogP contribution >= 0.6 is 11.8 Å². The van der Waals surface area contributed by atoms with Crippen LogP contribution in [0.4, 0.5) is 0 Å². The van der Waals surface area contributed by atoms with Crippen molar-refractivity contribution in [3.05, 3.63) is 59.3 Å². The number of aryl methyl sites for hydroxylation is 2. The van der Waals surface area contributed by atoms with Crippen molar-refractivity contribution in [3.63, 3.8) is 0 Å². The first-order chi connectivity index (χ1) is 12.0. The third kappa shape index (κ3) is 2.70. The van der Waals surface area contributed by atoms with E-state index >= 15 is 0 Å². The van der Waals surface area contributed by atoms with Crippen molar-refractivity contribution in [1.82, 2.24) is 3.97 Å². The molecule has 0 radical (unpaired) electrons. The fourth-order valence-corrected chi connectivity index (χ4v) is 5.74. The Balaban J connectivity index is 2.02. The van der Waals surface area contributed by atoms with Crippen LogP contribution in [0.5, 0.6) is 0 Å². The summed E-state index contributed by atoms with van der Waals surface area (Å²) in [5.74, 6) is 0. The zero-order chi connectivity index (χ0) is 17.6. The fraction of sp³-hybridized carbons (Fsp3) is 0.300. The highest BCUT2D eigenvalue weighted by atomic mass is 32.2. The van der Waals surface area contributed by atoms with E-state index in [-0.39, 0.29) is 0 Å². The minimum absolute atomic E-state index is 0.359. The molecule has 0 aliphatic heterocycles. The number of aromatic nitrogens is 1. The Hall–Kier alpha value is -1.72. The number of nitrogens with zero attached hydrogens (tertiary/aromatic N) is 1. The van der Waals surface area contributed by atoms with Gasteiger partial charge in [0.15, 0.2) is 0 Å². The molecule has 0 saturated carbocycles. The van der Waals surface area contributed by atoms with E-state index in [0.29, 0.717) is 4.90 Å². The maximum Gasteiger partial charge on any atom is 0.268 e. The average Bonchev–Trinajstić information content (AvgIpc) is 2.96. The van der Waals surface area contributed by atoms with Crippen LogP contribution in [0.1, 0.15) is 29.7 Å². The Morgan fingerprint density at radius 2 is 1.72 bits per heavy atom. The van der Waals surface area contributed by atoms with Crippen molar-refractivity contribution in [1.29, 1.82) is 0 Å². The van der Waals surface area contributed by atoms with Gasteiger partial charge < -0.3 is 0 Å². The summed E-state index contributed by atoms with van der Waals surface area (Å²) in [6.45, 7) is 1.97. The van der Waals surface area contributed by atoms with Gasteiger partial charge in [-0.25, -0.2) is 12.4 Å². The first-order valence-corrected chi connectivity index (χ1v) is 11.2. The molecule has 4 rings (SSSR count). The smallest absolute Gasteiger partial charge is 0.238 e. The summed E-state index contributed by atoms with van der Waals surface area (Å²) in [7, 11) is -3.59. The van der Waals surface area contributed by atoms with Gasteiger partial charge in [-0.05, 0) is 74.8 Å². The normalized spacial score (nSPS) is 14.6. The molecule has 0 bridgehead atoms. The molecule has 0 unspecified atom stereocenters. The molecule has 1 aromatic heterocycles. The summed E-state index contributed by atoms with van der Waals surface area (Å²) in [6, 6.07) is 13.3. The zero-order valence-electron chi connectivity index (χ0n) is 14.5. The molecular weight excluding hydrogens is 350 g/mol. The molecule has 0 fully saturated rings. The van der Waals surface area contributed by atoms with Crippen molar-refractivity contribution in [2.75, 3.05) is 6.26 Å². The second kappa shape index (κ2) is 6.22. The summed E-state index contributed by atoms with van der Waals surface area (Å²) >= 11 is 1.69. The molecular formula is C20H21NO2S2. The molecule has 2 aromatic carbocycles. The lowest BCUT2D eigenvalue weighted by molar-refractivity contribution is 0.582. The van der Waals surface area contributed by atoms with Gasteiger partial charge in [0, 0.05) is 16.0 Å². The van der Waals surface area contributed by atoms with Crippen LogP contribution in [0.3, 0.4) is 0 Å². The number of hydrogen-bond donors (Lipinski definition) is 0. The van der Waals surface area contributed by atoms with Gasteiger partial charge >= 0.3 is 0 Å². The van der Waals surface area contributed by atoms with Crippen molar-refractivity contribution in [2.45, 2.75) is 42.4 Å². The van der Waals surface area contributed by atoms with E-state index in [1.54, 1.807) is 27.9 Å². The van der Waals surface area contributed by atoms with Crippen LogP contribution in [-0.4, -0.2) is 18.6 Å². The van der Waals surface area contributed by atoms with Crippen molar-refractivity contribution < 1.29 is 8.42 Å². The summed E-state index contributed by atoms with van der Waals surface area (Å²) < 4.78 is 28.4. The Morgan fingerprint density at radius 1 is 1.00 bits per heavy atom. The average molecular weight is 372 g/mol. The highest BCUT2D eigenvalue weighted by Gasteiger charge is 2.28. The number of benzene rings is 2. The van der Waals surface area contributed by atoms with Gasteiger partial charge in [0.1, 0.15) is 0 Å². The van der Waals surface area contributed by atoms with Crippen LogP contribution in [-0.2, 0) is 22.9 Å². The third-order valence-corrected chi connectivity index (χ3v) is 7.48. The predicted molar refractivity (Wildman–Crippen MR) is 104 cm³/mol. The van der Waals surface area contributed by atoms with Crippen molar-refractivity contribution in [3.8, 4) is 0 Å². The number of rotatable bonds is 3. The minimum Gasteiger partial charge on any atom is -0.238 e. The van der Waals surface area contributed by atoms with Crippen LogP contribution < -0.4 is 0 Å². The Kier molecular flexibility index (Phi) is 4.16. The third-order valence-electron chi connectivity index (χ3n) is 4.99. The second-order valence-corrected chi connectivity index (χ2v) is 9.26. The quantitative estimate of drug-likeness (QED) is 0.622. The molecule has 0 amide bonds. The lowest BCUT2D eigenvalue weighted by atomic mass is 9.96. The van der Waals surface area contributed by atoms with E-state index in [0.717, 1.165) is 47.8 Å². The molecule has 1 heterocycles. The van der Waals surface area contributed by atoms with Crippen molar-refractivity contribution in [2.24, 2.45) is 0 Å². The topological polar surface area (TPSA) is 39.1 Å². The van der Waals surface area contributed by atoms with Gasteiger partial charge in [-0.15, -0.1) is 11.8 Å². The second-order valence-electron chi connectivity index (χ2n) is 6.60. The van der Waals surface area contributed by atoms with E-state index in [1.807, 2.05) is 37.4 Å². The molecule has 0 spiro atoms. The van der Waals surface area contributed by atoms with Gasteiger partial charge in [-0.2, -0.15) is 0 Å². The van der Waals surface area contributed by atoms with Gasteiger partial charge in [0.25, 0.3) is 10.0 Å². The fourth-order valence-electron chi connectivity index (χ4n) is 3.70. The summed E-state index contributed by atoms with van der Waals surface area (Å²) in [4.78, 5) is 1.53. The number of thioether (sulfide) groups is 1. The highest BCUT2D eigenvalue weighted by molar-refractivity contribution is 7.98. The van der Waals surface area contributed by atoms with E-state index in [1.165, 1.54) is 10.5 Å². The SMILES string of the molecule is CSc1ccc2c(c1)c1c(n2S(=O)(=O)c2ccc(C)cc2)CCCC1. The number of fused-ring (bicyclic) bond motifs is 3. The Bertz CT molecular complexity index is 1050. The van der Waals surface area contributed by atoms with Gasteiger partial charge in [-0.3, -0.25) is 0 Å². The highest BCUT2D eigenvalue weighted by Crippen LogP contribution is 2.36. The molecule has 130 valence electrons. The first-order valence-electron chi connectivity index (χ1n) is 8.55. The standard InChI is InChI=1S/C20H21NO2S2/c1-14-7-10-16(11-8-14)25(22,23)21-19-6-4-3-5-17(19)18-13-15(24-2)9-12-20(18)21/h7-13H,3-6H2,1-2H3. The van der Waals surface area contributed by atoms with Crippen LogP contribution in [0.2, 0.25) is 0 Å². The summed E-state index contributed by atoms with van der Waals surface area (Å²) in [6.07, 6.45) is 6.00. The van der Waals surface area contributed by atoms with Crippen LogP contribution in [0.25, 0.3) is 10.9 Å². The Morgan fingerprint density at radius 3 is 2.44 bits per heavy atom. The monoisotopic (exact) mass is 371 g/mol. The molecule has 5 heteroatoms. The predicted octanol–water partition coefficient (Wildman–Crippen LogP) is 4.79.